The maximum atomic E-state index is 12.3. The number of rotatable bonds is 2. The van der Waals surface area contributed by atoms with Gasteiger partial charge in [0.05, 0.1) is 0 Å². The number of aromatic amines is 1. The first-order valence-corrected chi connectivity index (χ1v) is 7.29. The lowest BCUT2D eigenvalue weighted by Gasteiger charge is -2.29. The molecule has 1 aromatic carbocycles. The average molecular weight is 271 g/mol. The minimum atomic E-state index is -0.0544. The van der Waals surface area contributed by atoms with E-state index in [-0.39, 0.29) is 18.0 Å². The molecule has 0 unspecified atom stereocenters. The van der Waals surface area contributed by atoms with Crippen molar-refractivity contribution in [1.82, 2.24) is 10.3 Å². The highest BCUT2D eigenvalue weighted by Crippen LogP contribution is 2.19. The van der Waals surface area contributed by atoms with E-state index in [1.165, 1.54) is 12.0 Å². The Morgan fingerprint density at radius 2 is 2.10 bits per heavy atom. The third-order valence-corrected chi connectivity index (χ3v) is 4.16. The number of hydrogen-bond acceptors (Lipinski definition) is 2. The second-order valence-corrected chi connectivity index (χ2v) is 5.80. The Hall–Kier alpha value is -1.81. The lowest BCUT2D eigenvalue weighted by atomic mass is 9.91. The highest BCUT2D eigenvalue weighted by atomic mass is 16.1. The van der Waals surface area contributed by atoms with Gasteiger partial charge in [-0.1, -0.05) is 24.5 Å². The molecule has 20 heavy (non-hydrogen) atoms. The molecule has 4 nitrogen and oxygen atoms in total. The summed E-state index contributed by atoms with van der Waals surface area (Å²) in [5.74, 6) is -0.0544. The van der Waals surface area contributed by atoms with E-state index in [4.69, 9.17) is 5.73 Å². The predicted octanol–water partition coefficient (Wildman–Crippen LogP) is 2.48. The molecule has 1 saturated carbocycles. The highest BCUT2D eigenvalue weighted by Gasteiger charge is 2.24. The Morgan fingerprint density at radius 1 is 1.30 bits per heavy atom. The van der Waals surface area contributed by atoms with E-state index in [1.54, 1.807) is 0 Å². The van der Waals surface area contributed by atoms with Crippen LogP contribution < -0.4 is 11.1 Å². The summed E-state index contributed by atoms with van der Waals surface area (Å²) >= 11 is 0. The molecule has 1 amide bonds. The lowest BCUT2D eigenvalue weighted by Crippen LogP contribution is -2.49. The van der Waals surface area contributed by atoms with Gasteiger partial charge in [0.2, 0.25) is 0 Å². The van der Waals surface area contributed by atoms with Gasteiger partial charge in [-0.25, -0.2) is 0 Å². The Morgan fingerprint density at radius 3 is 2.90 bits per heavy atom. The third-order valence-electron chi connectivity index (χ3n) is 4.16. The fourth-order valence-electron chi connectivity index (χ4n) is 2.96. The third kappa shape index (κ3) is 2.56. The van der Waals surface area contributed by atoms with Crippen molar-refractivity contribution in [3.8, 4) is 0 Å². The molecular formula is C16H21N3O. The van der Waals surface area contributed by atoms with Gasteiger partial charge in [-0.3, -0.25) is 4.79 Å². The average Bonchev–Trinajstić information content (AvgIpc) is 2.84. The summed E-state index contributed by atoms with van der Waals surface area (Å²) in [6.45, 7) is 2.05. The Bertz CT molecular complexity index is 632. The topological polar surface area (TPSA) is 70.9 Å². The predicted molar refractivity (Wildman–Crippen MR) is 80.7 cm³/mol. The molecule has 1 aliphatic carbocycles. The first-order valence-electron chi connectivity index (χ1n) is 7.29. The molecule has 1 aliphatic rings. The number of nitrogens with one attached hydrogen (secondary N) is 2. The van der Waals surface area contributed by atoms with Gasteiger partial charge in [0.15, 0.2) is 0 Å². The van der Waals surface area contributed by atoms with Crippen LogP contribution in [0.15, 0.2) is 24.3 Å². The molecule has 3 rings (SSSR count). The molecule has 0 radical (unpaired) electrons. The van der Waals surface area contributed by atoms with Crippen molar-refractivity contribution in [2.75, 3.05) is 0 Å². The van der Waals surface area contributed by atoms with Crippen LogP contribution in [0.25, 0.3) is 10.9 Å². The molecule has 1 aromatic heterocycles. The van der Waals surface area contributed by atoms with E-state index in [9.17, 15) is 4.79 Å². The van der Waals surface area contributed by atoms with Crippen molar-refractivity contribution < 1.29 is 4.79 Å². The van der Waals surface area contributed by atoms with Crippen LogP contribution in [0, 0.1) is 6.92 Å². The van der Waals surface area contributed by atoms with Crippen molar-refractivity contribution in [2.45, 2.75) is 44.7 Å². The maximum Gasteiger partial charge on any atom is 0.268 e. The molecule has 1 heterocycles. The number of fused-ring (bicyclic) bond motifs is 1. The SMILES string of the molecule is Cc1ccc2[nH]c(C(=O)N[C@H]3CCCC[C@@H]3N)cc2c1. The van der Waals surface area contributed by atoms with Gasteiger partial charge in [-0.05, 0) is 38.0 Å². The second kappa shape index (κ2) is 5.29. The van der Waals surface area contributed by atoms with Crippen LogP contribution in [-0.2, 0) is 0 Å². The number of aromatic nitrogens is 1. The van der Waals surface area contributed by atoms with Gasteiger partial charge in [-0.2, -0.15) is 0 Å². The first-order chi connectivity index (χ1) is 9.63. The van der Waals surface area contributed by atoms with Gasteiger partial charge in [-0.15, -0.1) is 0 Å². The number of carbonyl (C=O) groups is 1. The molecule has 4 N–H and O–H groups in total. The quantitative estimate of drug-likeness (QED) is 0.785. The molecule has 0 saturated heterocycles. The normalized spacial score (nSPS) is 22.9. The van der Waals surface area contributed by atoms with Crippen molar-refractivity contribution >= 4 is 16.8 Å². The summed E-state index contributed by atoms with van der Waals surface area (Å²) in [7, 11) is 0. The van der Waals surface area contributed by atoms with E-state index in [2.05, 4.69) is 16.4 Å². The second-order valence-electron chi connectivity index (χ2n) is 5.80. The number of amides is 1. The van der Waals surface area contributed by atoms with Crippen LogP contribution in [0.2, 0.25) is 0 Å². The summed E-state index contributed by atoms with van der Waals surface area (Å²) in [6, 6.07) is 8.22. The van der Waals surface area contributed by atoms with E-state index in [0.29, 0.717) is 5.69 Å². The Balaban J connectivity index is 1.78. The van der Waals surface area contributed by atoms with Crippen LogP contribution in [0.3, 0.4) is 0 Å². The van der Waals surface area contributed by atoms with Gasteiger partial charge in [0.25, 0.3) is 5.91 Å². The number of aryl methyl sites for hydroxylation is 1. The summed E-state index contributed by atoms with van der Waals surface area (Å²) in [5.41, 5.74) is 8.88. The van der Waals surface area contributed by atoms with Gasteiger partial charge in [0.1, 0.15) is 5.69 Å². The van der Waals surface area contributed by atoms with E-state index < -0.39 is 0 Å². The zero-order valence-electron chi connectivity index (χ0n) is 11.8. The van der Waals surface area contributed by atoms with Crippen molar-refractivity contribution in [2.24, 2.45) is 5.73 Å². The monoisotopic (exact) mass is 271 g/mol. The summed E-state index contributed by atoms with van der Waals surface area (Å²) in [5, 5.41) is 4.14. The molecule has 2 aromatic rings. The fraction of sp³-hybridized carbons (Fsp3) is 0.438. The number of nitrogens with two attached hydrogens (primary N) is 1. The fourth-order valence-corrected chi connectivity index (χ4v) is 2.96. The van der Waals surface area contributed by atoms with Crippen molar-refractivity contribution in [3.05, 3.63) is 35.5 Å². The largest absolute Gasteiger partial charge is 0.351 e. The van der Waals surface area contributed by atoms with Gasteiger partial charge in [0, 0.05) is 23.0 Å². The van der Waals surface area contributed by atoms with Crippen LogP contribution >= 0.6 is 0 Å². The maximum absolute atomic E-state index is 12.3. The van der Waals surface area contributed by atoms with Crippen molar-refractivity contribution in [1.29, 1.82) is 0 Å². The highest BCUT2D eigenvalue weighted by molar-refractivity contribution is 5.98. The number of carbonyl (C=O) groups excluding carboxylic acids is 1. The zero-order chi connectivity index (χ0) is 14.1. The zero-order valence-corrected chi connectivity index (χ0v) is 11.8. The molecule has 0 aliphatic heterocycles. The Kier molecular flexibility index (Phi) is 3.49. The number of benzene rings is 1. The molecule has 0 spiro atoms. The van der Waals surface area contributed by atoms with E-state index in [1.807, 2.05) is 25.1 Å². The standard InChI is InChI=1S/C16H21N3O/c1-10-6-7-13-11(8-10)9-15(18-13)16(20)19-14-5-3-2-4-12(14)17/h6-9,12,14,18H,2-5,17H2,1H3,(H,19,20)/t12-,14-/m0/s1. The molecule has 1 fully saturated rings. The van der Waals surface area contributed by atoms with Crippen LogP contribution in [0.1, 0.15) is 41.7 Å². The summed E-state index contributed by atoms with van der Waals surface area (Å²) in [6.07, 6.45) is 4.28. The molecular weight excluding hydrogens is 250 g/mol. The molecule has 4 heteroatoms. The Labute approximate surface area is 118 Å². The summed E-state index contributed by atoms with van der Waals surface area (Å²) < 4.78 is 0. The molecule has 2 atom stereocenters. The van der Waals surface area contributed by atoms with Crippen LogP contribution in [-0.4, -0.2) is 23.0 Å². The van der Waals surface area contributed by atoms with Crippen LogP contribution in [0.5, 0.6) is 0 Å². The molecule has 106 valence electrons. The van der Waals surface area contributed by atoms with E-state index >= 15 is 0 Å². The van der Waals surface area contributed by atoms with Gasteiger partial charge >= 0.3 is 0 Å². The molecule has 0 bridgehead atoms. The van der Waals surface area contributed by atoms with Crippen molar-refractivity contribution in [3.63, 3.8) is 0 Å². The minimum absolute atomic E-state index is 0.0544. The number of H-pyrrole nitrogens is 1. The van der Waals surface area contributed by atoms with Crippen LogP contribution in [0.4, 0.5) is 0 Å². The van der Waals surface area contributed by atoms with E-state index in [0.717, 1.165) is 30.2 Å². The minimum Gasteiger partial charge on any atom is -0.351 e. The lowest BCUT2D eigenvalue weighted by molar-refractivity contribution is 0.0917. The summed E-state index contributed by atoms with van der Waals surface area (Å²) in [4.78, 5) is 15.5. The number of hydrogen-bond donors (Lipinski definition) is 3. The van der Waals surface area contributed by atoms with Gasteiger partial charge < -0.3 is 16.0 Å². The smallest absolute Gasteiger partial charge is 0.268 e. The first kappa shape index (κ1) is 13.2.